The highest BCUT2D eigenvalue weighted by Crippen LogP contribution is 2.29. The fourth-order valence-electron chi connectivity index (χ4n) is 3.94. The number of oxazole rings is 1. The molecule has 9 heteroatoms. The maximum atomic E-state index is 12.7. The van der Waals surface area contributed by atoms with Crippen LogP contribution in [0.25, 0.3) is 0 Å². The summed E-state index contributed by atoms with van der Waals surface area (Å²) in [6, 6.07) is 13.3. The van der Waals surface area contributed by atoms with Gasteiger partial charge in [0.2, 0.25) is 5.89 Å². The van der Waals surface area contributed by atoms with Crippen molar-refractivity contribution in [2.75, 3.05) is 26.2 Å². The second-order valence-corrected chi connectivity index (χ2v) is 8.55. The van der Waals surface area contributed by atoms with Crippen LogP contribution in [0.2, 0.25) is 0 Å². The lowest BCUT2D eigenvalue weighted by Gasteiger charge is -2.34. The van der Waals surface area contributed by atoms with Crippen molar-refractivity contribution in [1.82, 2.24) is 20.1 Å². The molecule has 0 spiro atoms. The van der Waals surface area contributed by atoms with E-state index in [0.29, 0.717) is 25.5 Å². The summed E-state index contributed by atoms with van der Waals surface area (Å²) in [6.45, 7) is 6.65. The Morgan fingerprint density at radius 2 is 1.68 bits per heavy atom. The number of carbonyl (C=O) groups excluding carboxylic acids is 1. The maximum Gasteiger partial charge on any atom is 0.416 e. The average Bonchev–Trinajstić information content (AvgIpc) is 3.27. The van der Waals surface area contributed by atoms with Gasteiger partial charge in [-0.25, -0.2) is 4.98 Å². The number of piperazine rings is 1. The first kappa shape index (κ1) is 24.0. The summed E-state index contributed by atoms with van der Waals surface area (Å²) < 4.78 is 43.7. The number of hydrogen-bond donors (Lipinski definition) is 1. The monoisotopic (exact) mass is 472 g/mol. The third kappa shape index (κ3) is 6.45. The minimum Gasteiger partial charge on any atom is -0.447 e. The third-order valence-electron chi connectivity index (χ3n) is 5.83. The number of nitrogens with zero attached hydrogens (tertiary/aromatic N) is 3. The van der Waals surface area contributed by atoms with Gasteiger partial charge in [0, 0.05) is 39.3 Å². The van der Waals surface area contributed by atoms with Crippen molar-refractivity contribution in [2.45, 2.75) is 32.7 Å². The fourth-order valence-corrected chi connectivity index (χ4v) is 3.94. The summed E-state index contributed by atoms with van der Waals surface area (Å²) in [5, 5.41) is 2.86. The van der Waals surface area contributed by atoms with Crippen LogP contribution in [0.15, 0.2) is 59.2 Å². The molecule has 34 heavy (non-hydrogen) atoms. The van der Waals surface area contributed by atoms with Crippen molar-refractivity contribution >= 4 is 5.91 Å². The van der Waals surface area contributed by atoms with Crippen LogP contribution in [0, 0.1) is 6.92 Å². The molecule has 0 atom stereocenters. The van der Waals surface area contributed by atoms with Crippen molar-refractivity contribution in [3.05, 3.63) is 88.6 Å². The van der Waals surface area contributed by atoms with Crippen molar-refractivity contribution in [1.29, 1.82) is 0 Å². The van der Waals surface area contributed by atoms with Crippen molar-refractivity contribution in [3.8, 4) is 0 Å². The van der Waals surface area contributed by atoms with Gasteiger partial charge >= 0.3 is 6.18 Å². The van der Waals surface area contributed by atoms with Crippen molar-refractivity contribution < 1.29 is 22.4 Å². The number of nitrogens with one attached hydrogen (secondary N) is 1. The molecule has 1 amide bonds. The van der Waals surface area contributed by atoms with Gasteiger partial charge in [-0.1, -0.05) is 42.0 Å². The average molecular weight is 473 g/mol. The highest BCUT2D eigenvalue weighted by Gasteiger charge is 2.30. The van der Waals surface area contributed by atoms with Gasteiger partial charge in [0.25, 0.3) is 5.91 Å². The van der Waals surface area contributed by atoms with E-state index in [1.807, 2.05) is 31.2 Å². The molecule has 180 valence electrons. The number of amides is 1. The van der Waals surface area contributed by atoms with Gasteiger partial charge < -0.3 is 9.73 Å². The molecule has 1 N–H and O–H groups in total. The minimum absolute atomic E-state index is 0.253. The van der Waals surface area contributed by atoms with Crippen LogP contribution in [-0.4, -0.2) is 46.9 Å². The standard InChI is InChI=1S/C25H27F3N4O2/c1-18-3-2-4-20(13-18)14-29-24(33)22-17-34-23(30-22)16-32-11-9-31(10-12-32)15-19-5-7-21(8-6-19)25(26,27)28/h2-8,13,17H,9-12,14-16H2,1H3,(H,29,33). The van der Waals surface area contributed by atoms with E-state index in [1.165, 1.54) is 18.4 Å². The molecule has 1 saturated heterocycles. The first-order valence-corrected chi connectivity index (χ1v) is 11.2. The summed E-state index contributed by atoms with van der Waals surface area (Å²) >= 11 is 0. The van der Waals surface area contributed by atoms with E-state index in [0.717, 1.165) is 55.0 Å². The van der Waals surface area contributed by atoms with Gasteiger partial charge in [-0.2, -0.15) is 13.2 Å². The zero-order chi connectivity index (χ0) is 24.1. The highest BCUT2D eigenvalue weighted by atomic mass is 19.4. The number of aromatic nitrogens is 1. The van der Waals surface area contributed by atoms with Crippen LogP contribution < -0.4 is 5.32 Å². The van der Waals surface area contributed by atoms with Crippen LogP contribution in [0.5, 0.6) is 0 Å². The first-order chi connectivity index (χ1) is 16.3. The van der Waals surface area contributed by atoms with Crippen LogP contribution in [0.3, 0.4) is 0 Å². The SMILES string of the molecule is Cc1cccc(CNC(=O)c2coc(CN3CCN(Cc4ccc(C(F)(F)F)cc4)CC3)n2)c1. The van der Waals surface area contributed by atoms with Gasteiger partial charge in [-0.3, -0.25) is 14.6 Å². The molecular weight excluding hydrogens is 445 g/mol. The molecule has 2 heterocycles. The molecule has 1 aliphatic heterocycles. The number of benzene rings is 2. The Labute approximate surface area is 196 Å². The van der Waals surface area contributed by atoms with Gasteiger partial charge in [0.15, 0.2) is 5.69 Å². The van der Waals surface area contributed by atoms with E-state index in [2.05, 4.69) is 20.1 Å². The molecule has 2 aromatic carbocycles. The van der Waals surface area contributed by atoms with Crippen molar-refractivity contribution in [3.63, 3.8) is 0 Å². The lowest BCUT2D eigenvalue weighted by atomic mass is 10.1. The van der Waals surface area contributed by atoms with Crippen LogP contribution in [-0.2, 0) is 25.8 Å². The summed E-state index contributed by atoms with van der Waals surface area (Å²) in [5.41, 5.74) is 2.63. The van der Waals surface area contributed by atoms with Gasteiger partial charge in [-0.15, -0.1) is 0 Å². The Hall–Kier alpha value is -3.17. The molecule has 1 aromatic heterocycles. The van der Waals surface area contributed by atoms with Gasteiger partial charge in [-0.05, 0) is 30.2 Å². The zero-order valence-electron chi connectivity index (χ0n) is 18.9. The normalized spacial score (nSPS) is 15.4. The summed E-state index contributed by atoms with van der Waals surface area (Å²) in [4.78, 5) is 21.1. The second-order valence-electron chi connectivity index (χ2n) is 8.55. The number of alkyl halides is 3. The summed E-state index contributed by atoms with van der Waals surface area (Å²) in [5.74, 6) is 0.203. The molecule has 1 fully saturated rings. The molecule has 0 saturated carbocycles. The predicted octanol–water partition coefficient (Wildman–Crippen LogP) is 4.25. The Morgan fingerprint density at radius 1 is 1.00 bits per heavy atom. The molecule has 1 aliphatic rings. The van der Waals surface area contributed by atoms with Gasteiger partial charge in [0.05, 0.1) is 12.1 Å². The summed E-state index contributed by atoms with van der Waals surface area (Å²) in [6.07, 6.45) is -2.94. The minimum atomic E-state index is -4.31. The Balaban J connectivity index is 1.22. The molecular formula is C25H27F3N4O2. The number of halogens is 3. The van der Waals surface area contributed by atoms with Crippen LogP contribution in [0.1, 0.15) is 38.6 Å². The van der Waals surface area contributed by atoms with E-state index >= 15 is 0 Å². The lowest BCUT2D eigenvalue weighted by Crippen LogP contribution is -2.45. The number of hydrogen-bond acceptors (Lipinski definition) is 5. The molecule has 4 rings (SSSR count). The van der Waals surface area contributed by atoms with Crippen molar-refractivity contribution in [2.24, 2.45) is 0 Å². The number of rotatable bonds is 7. The molecule has 0 bridgehead atoms. The largest absolute Gasteiger partial charge is 0.447 e. The maximum absolute atomic E-state index is 12.7. The van der Waals surface area contributed by atoms with E-state index in [9.17, 15) is 18.0 Å². The lowest BCUT2D eigenvalue weighted by molar-refractivity contribution is -0.137. The predicted molar refractivity (Wildman–Crippen MR) is 121 cm³/mol. The van der Waals surface area contributed by atoms with Crippen LogP contribution in [0.4, 0.5) is 13.2 Å². The molecule has 3 aromatic rings. The Morgan fingerprint density at radius 3 is 2.32 bits per heavy atom. The van der Waals surface area contributed by atoms with Gasteiger partial charge in [0.1, 0.15) is 6.26 Å². The number of aryl methyl sites for hydroxylation is 1. The van der Waals surface area contributed by atoms with Crippen LogP contribution >= 0.6 is 0 Å². The smallest absolute Gasteiger partial charge is 0.416 e. The van der Waals surface area contributed by atoms with E-state index in [-0.39, 0.29) is 11.6 Å². The molecule has 0 aliphatic carbocycles. The molecule has 0 unspecified atom stereocenters. The quantitative estimate of drug-likeness (QED) is 0.557. The molecule has 6 nitrogen and oxygen atoms in total. The zero-order valence-corrected chi connectivity index (χ0v) is 18.9. The third-order valence-corrected chi connectivity index (χ3v) is 5.83. The van der Waals surface area contributed by atoms with E-state index in [1.54, 1.807) is 0 Å². The Bertz CT molecular complexity index is 1100. The van der Waals surface area contributed by atoms with E-state index in [4.69, 9.17) is 4.42 Å². The number of carbonyl (C=O) groups is 1. The molecule has 0 radical (unpaired) electrons. The fraction of sp³-hybridized carbons (Fsp3) is 0.360. The van der Waals surface area contributed by atoms with E-state index < -0.39 is 11.7 Å². The summed E-state index contributed by atoms with van der Waals surface area (Å²) in [7, 11) is 0. The second kappa shape index (κ2) is 10.4. The first-order valence-electron chi connectivity index (χ1n) is 11.2. The topological polar surface area (TPSA) is 61.6 Å². The highest BCUT2D eigenvalue weighted by molar-refractivity contribution is 5.91. The Kier molecular flexibility index (Phi) is 7.33.